The Kier molecular flexibility index (Phi) is 1.58. The largest absolute Gasteiger partial charge is 0.393 e. The van der Waals surface area contributed by atoms with Gasteiger partial charge >= 0.3 is 0 Å². The molecule has 1 N–H and O–H groups in total. The lowest BCUT2D eigenvalue weighted by Gasteiger charge is -2.19. The summed E-state index contributed by atoms with van der Waals surface area (Å²) in [6.45, 7) is 2.32. The molecule has 2 fully saturated rings. The minimum atomic E-state index is -0.0507. The Bertz CT molecular complexity index is 346. The predicted octanol–water partition coefficient (Wildman–Crippen LogP) is 2.56. The van der Waals surface area contributed by atoms with Gasteiger partial charge in [-0.3, -0.25) is 0 Å². The molecule has 0 aliphatic heterocycles. The lowest BCUT2D eigenvalue weighted by atomic mass is 9.85. The van der Waals surface area contributed by atoms with Crippen molar-refractivity contribution in [3.05, 3.63) is 35.9 Å². The van der Waals surface area contributed by atoms with Crippen molar-refractivity contribution in [3.8, 4) is 0 Å². The van der Waals surface area contributed by atoms with Crippen molar-refractivity contribution in [3.63, 3.8) is 0 Å². The first-order chi connectivity index (χ1) is 6.72. The standard InChI is InChI=1S/C13H16O/c1-13-8-11(13)12(14)7-10(13)9-5-3-2-4-6-9/h2-6,10-12,14H,7-8H2,1H3/t10-,11-,12?,13+/m0/s1. The summed E-state index contributed by atoms with van der Waals surface area (Å²) in [5, 5.41) is 9.84. The maximum atomic E-state index is 9.84. The van der Waals surface area contributed by atoms with Crippen LogP contribution in [-0.2, 0) is 0 Å². The van der Waals surface area contributed by atoms with Crippen molar-refractivity contribution in [1.82, 2.24) is 0 Å². The maximum Gasteiger partial charge on any atom is 0.0580 e. The first-order valence-electron chi connectivity index (χ1n) is 5.45. The lowest BCUT2D eigenvalue weighted by Crippen LogP contribution is -2.08. The molecule has 2 saturated carbocycles. The lowest BCUT2D eigenvalue weighted by molar-refractivity contribution is 0.156. The van der Waals surface area contributed by atoms with Gasteiger partial charge in [-0.05, 0) is 35.7 Å². The summed E-state index contributed by atoms with van der Waals surface area (Å²) < 4.78 is 0. The van der Waals surface area contributed by atoms with E-state index in [0.29, 0.717) is 17.3 Å². The van der Waals surface area contributed by atoms with E-state index in [1.165, 1.54) is 12.0 Å². The molecule has 3 rings (SSSR count). The third-order valence-electron chi connectivity index (χ3n) is 4.29. The molecule has 1 aromatic rings. The summed E-state index contributed by atoms with van der Waals surface area (Å²) in [5.41, 5.74) is 1.81. The highest BCUT2D eigenvalue weighted by molar-refractivity contribution is 5.29. The Labute approximate surface area is 84.8 Å². The number of aliphatic hydroxyl groups excluding tert-OH is 1. The Morgan fingerprint density at radius 3 is 2.50 bits per heavy atom. The minimum Gasteiger partial charge on any atom is -0.393 e. The molecule has 2 aliphatic rings. The zero-order chi connectivity index (χ0) is 9.76. The molecule has 0 aromatic heterocycles. The van der Waals surface area contributed by atoms with Gasteiger partial charge in [-0.15, -0.1) is 0 Å². The number of hydrogen-bond acceptors (Lipinski definition) is 1. The van der Waals surface area contributed by atoms with Crippen LogP contribution >= 0.6 is 0 Å². The number of benzene rings is 1. The van der Waals surface area contributed by atoms with Gasteiger partial charge in [0.2, 0.25) is 0 Å². The topological polar surface area (TPSA) is 20.2 Å². The van der Waals surface area contributed by atoms with Crippen LogP contribution in [0.25, 0.3) is 0 Å². The first-order valence-corrected chi connectivity index (χ1v) is 5.45. The average Bonchev–Trinajstić information content (AvgIpc) is 2.83. The van der Waals surface area contributed by atoms with Crippen LogP contribution in [0.3, 0.4) is 0 Å². The second-order valence-electron chi connectivity index (χ2n) is 5.08. The van der Waals surface area contributed by atoms with Gasteiger partial charge in [0.1, 0.15) is 0 Å². The monoisotopic (exact) mass is 188 g/mol. The van der Waals surface area contributed by atoms with Gasteiger partial charge in [0, 0.05) is 0 Å². The zero-order valence-corrected chi connectivity index (χ0v) is 8.48. The summed E-state index contributed by atoms with van der Waals surface area (Å²) in [6, 6.07) is 10.6. The van der Waals surface area contributed by atoms with E-state index in [4.69, 9.17) is 0 Å². The number of hydrogen-bond donors (Lipinski definition) is 1. The Morgan fingerprint density at radius 1 is 1.29 bits per heavy atom. The second-order valence-corrected chi connectivity index (χ2v) is 5.08. The number of aliphatic hydroxyl groups is 1. The van der Waals surface area contributed by atoms with Crippen molar-refractivity contribution in [2.75, 3.05) is 0 Å². The molecule has 1 heteroatoms. The van der Waals surface area contributed by atoms with Crippen molar-refractivity contribution >= 4 is 0 Å². The quantitative estimate of drug-likeness (QED) is 0.718. The van der Waals surface area contributed by atoms with E-state index in [-0.39, 0.29) is 6.10 Å². The normalized spacial score (nSPS) is 44.9. The van der Waals surface area contributed by atoms with Gasteiger partial charge in [0.25, 0.3) is 0 Å². The summed E-state index contributed by atoms with van der Waals surface area (Å²) in [7, 11) is 0. The van der Waals surface area contributed by atoms with E-state index in [1.54, 1.807) is 0 Å². The molecule has 1 aromatic carbocycles. The molecule has 4 atom stereocenters. The Balaban J connectivity index is 1.94. The molecule has 0 radical (unpaired) electrons. The minimum absolute atomic E-state index is 0.0507. The molecule has 14 heavy (non-hydrogen) atoms. The molecule has 0 heterocycles. The maximum absolute atomic E-state index is 9.84. The van der Waals surface area contributed by atoms with Gasteiger partial charge < -0.3 is 5.11 Å². The van der Waals surface area contributed by atoms with Gasteiger partial charge in [-0.25, -0.2) is 0 Å². The van der Waals surface area contributed by atoms with Gasteiger partial charge in [0.15, 0.2) is 0 Å². The molecule has 0 bridgehead atoms. The molecular weight excluding hydrogens is 172 g/mol. The third-order valence-corrected chi connectivity index (χ3v) is 4.29. The van der Waals surface area contributed by atoms with Crippen LogP contribution in [0, 0.1) is 11.3 Å². The smallest absolute Gasteiger partial charge is 0.0580 e. The van der Waals surface area contributed by atoms with Crippen LogP contribution in [0.5, 0.6) is 0 Å². The Hall–Kier alpha value is -0.820. The third kappa shape index (κ3) is 0.992. The first kappa shape index (κ1) is 8.49. The van der Waals surface area contributed by atoms with Crippen LogP contribution in [0.2, 0.25) is 0 Å². The number of rotatable bonds is 1. The van der Waals surface area contributed by atoms with Crippen molar-refractivity contribution in [2.45, 2.75) is 31.8 Å². The van der Waals surface area contributed by atoms with E-state index in [9.17, 15) is 5.11 Å². The molecule has 0 spiro atoms. The van der Waals surface area contributed by atoms with Gasteiger partial charge in [0.05, 0.1) is 6.10 Å². The summed E-state index contributed by atoms with van der Waals surface area (Å²) in [4.78, 5) is 0. The van der Waals surface area contributed by atoms with E-state index in [1.807, 2.05) is 0 Å². The summed E-state index contributed by atoms with van der Waals surface area (Å²) >= 11 is 0. The predicted molar refractivity (Wildman–Crippen MR) is 56.0 cm³/mol. The molecule has 0 saturated heterocycles. The van der Waals surface area contributed by atoms with Gasteiger partial charge in [-0.1, -0.05) is 37.3 Å². The fraction of sp³-hybridized carbons (Fsp3) is 0.538. The fourth-order valence-electron chi connectivity index (χ4n) is 3.27. The number of fused-ring (bicyclic) bond motifs is 1. The average molecular weight is 188 g/mol. The van der Waals surface area contributed by atoms with E-state index < -0.39 is 0 Å². The van der Waals surface area contributed by atoms with E-state index >= 15 is 0 Å². The van der Waals surface area contributed by atoms with E-state index in [0.717, 1.165) is 6.42 Å². The fourth-order valence-corrected chi connectivity index (χ4v) is 3.27. The van der Waals surface area contributed by atoms with Crippen LogP contribution in [0.4, 0.5) is 0 Å². The highest BCUT2D eigenvalue weighted by atomic mass is 16.3. The van der Waals surface area contributed by atoms with Crippen LogP contribution < -0.4 is 0 Å². The summed E-state index contributed by atoms with van der Waals surface area (Å²) in [6.07, 6.45) is 2.13. The summed E-state index contributed by atoms with van der Waals surface area (Å²) in [5.74, 6) is 1.16. The van der Waals surface area contributed by atoms with E-state index in [2.05, 4.69) is 37.3 Å². The van der Waals surface area contributed by atoms with Crippen molar-refractivity contribution in [1.29, 1.82) is 0 Å². The molecule has 1 unspecified atom stereocenters. The van der Waals surface area contributed by atoms with Crippen LogP contribution in [-0.4, -0.2) is 11.2 Å². The SMILES string of the molecule is C[C@]12C[C@H]1C(O)C[C@H]2c1ccccc1. The molecule has 74 valence electrons. The highest BCUT2D eigenvalue weighted by Crippen LogP contribution is 2.69. The molecular formula is C13H16O. The highest BCUT2D eigenvalue weighted by Gasteiger charge is 2.63. The van der Waals surface area contributed by atoms with Crippen LogP contribution in [0.15, 0.2) is 30.3 Å². The molecule has 1 nitrogen and oxygen atoms in total. The Morgan fingerprint density at radius 2 is 2.00 bits per heavy atom. The second kappa shape index (κ2) is 2.60. The van der Waals surface area contributed by atoms with Crippen molar-refractivity contribution in [2.24, 2.45) is 11.3 Å². The van der Waals surface area contributed by atoms with Crippen molar-refractivity contribution < 1.29 is 5.11 Å². The molecule has 0 amide bonds. The molecule has 2 aliphatic carbocycles. The van der Waals surface area contributed by atoms with Gasteiger partial charge in [-0.2, -0.15) is 0 Å². The van der Waals surface area contributed by atoms with Crippen LogP contribution in [0.1, 0.15) is 31.2 Å². The zero-order valence-electron chi connectivity index (χ0n) is 8.48.